The summed E-state index contributed by atoms with van der Waals surface area (Å²) < 4.78 is 10.6. The molecule has 0 aromatic heterocycles. The summed E-state index contributed by atoms with van der Waals surface area (Å²) >= 11 is 0. The summed E-state index contributed by atoms with van der Waals surface area (Å²) in [5, 5.41) is 9.49. The van der Waals surface area contributed by atoms with E-state index in [0.717, 1.165) is 38.8 Å². The maximum absolute atomic E-state index is 12.2. The van der Waals surface area contributed by atoms with Gasteiger partial charge in [0.15, 0.2) is 5.96 Å². The van der Waals surface area contributed by atoms with Crippen LogP contribution in [0.5, 0.6) is 5.75 Å². The topological polar surface area (TPSA) is 87.2 Å². The second-order valence-corrected chi connectivity index (χ2v) is 7.25. The number of nitrogens with one attached hydrogen (secondary N) is 3. The van der Waals surface area contributed by atoms with E-state index in [9.17, 15) is 4.79 Å². The van der Waals surface area contributed by atoms with Crippen LogP contribution < -0.4 is 20.7 Å². The maximum atomic E-state index is 12.2. The quantitative estimate of drug-likeness (QED) is 0.208. The second-order valence-electron chi connectivity index (χ2n) is 7.25. The highest BCUT2D eigenvalue weighted by molar-refractivity contribution is 14.0. The standard InChI is InChI=1S/C20H33N5O3.HI/c1-20(2,25-10-12-28-13-11-25)15-24-19(21-3)23-9-8-22-18(26)16-6-5-7-17(14-16)27-4;/h5-7,14H,8-13,15H2,1-4H3,(H,22,26)(H2,21,23,24);1H. The van der Waals surface area contributed by atoms with Crippen LogP contribution in [0.2, 0.25) is 0 Å². The lowest BCUT2D eigenvalue weighted by Crippen LogP contribution is -2.56. The summed E-state index contributed by atoms with van der Waals surface area (Å²) in [5.41, 5.74) is 0.580. The van der Waals surface area contributed by atoms with Crippen molar-refractivity contribution in [2.75, 3.05) is 60.1 Å². The van der Waals surface area contributed by atoms with E-state index in [-0.39, 0.29) is 35.4 Å². The molecule has 29 heavy (non-hydrogen) atoms. The van der Waals surface area contributed by atoms with Gasteiger partial charge in [-0.15, -0.1) is 24.0 Å². The fourth-order valence-corrected chi connectivity index (χ4v) is 3.02. The van der Waals surface area contributed by atoms with Crippen LogP contribution in [0, 0.1) is 0 Å². The van der Waals surface area contributed by atoms with Crippen molar-refractivity contribution in [1.82, 2.24) is 20.9 Å². The van der Waals surface area contributed by atoms with E-state index >= 15 is 0 Å². The highest BCUT2D eigenvalue weighted by Crippen LogP contribution is 2.15. The van der Waals surface area contributed by atoms with Crippen molar-refractivity contribution < 1.29 is 14.3 Å². The average molecular weight is 519 g/mol. The molecular formula is C20H34IN5O3. The minimum atomic E-state index is -0.128. The molecule has 9 heteroatoms. The predicted octanol–water partition coefficient (Wildman–Crippen LogP) is 1.32. The molecule has 0 bridgehead atoms. The van der Waals surface area contributed by atoms with Crippen LogP contribution in [0.3, 0.4) is 0 Å². The Kier molecular flexibility index (Phi) is 11.3. The van der Waals surface area contributed by atoms with E-state index in [1.54, 1.807) is 32.4 Å². The first-order chi connectivity index (χ1) is 13.5. The Labute approximate surface area is 190 Å². The summed E-state index contributed by atoms with van der Waals surface area (Å²) in [6, 6.07) is 7.09. The van der Waals surface area contributed by atoms with Gasteiger partial charge in [0.2, 0.25) is 0 Å². The van der Waals surface area contributed by atoms with Gasteiger partial charge in [-0.1, -0.05) is 6.07 Å². The van der Waals surface area contributed by atoms with Crippen molar-refractivity contribution >= 4 is 35.8 Å². The van der Waals surface area contributed by atoms with E-state index in [1.165, 1.54) is 0 Å². The summed E-state index contributed by atoms with van der Waals surface area (Å²) in [7, 11) is 3.33. The zero-order valence-electron chi connectivity index (χ0n) is 17.8. The molecule has 0 unspecified atom stereocenters. The highest BCUT2D eigenvalue weighted by atomic mass is 127. The van der Waals surface area contributed by atoms with Crippen LogP contribution in [-0.4, -0.2) is 82.4 Å². The van der Waals surface area contributed by atoms with Crippen molar-refractivity contribution in [3.63, 3.8) is 0 Å². The lowest BCUT2D eigenvalue weighted by Gasteiger charge is -2.41. The van der Waals surface area contributed by atoms with Crippen LogP contribution in [0.1, 0.15) is 24.2 Å². The number of methoxy groups -OCH3 is 1. The largest absolute Gasteiger partial charge is 0.497 e. The molecule has 1 heterocycles. The molecule has 1 saturated heterocycles. The van der Waals surface area contributed by atoms with Crippen molar-refractivity contribution in [1.29, 1.82) is 0 Å². The molecule has 0 spiro atoms. The Hall–Kier alpha value is -1.59. The number of hydrogen-bond donors (Lipinski definition) is 3. The molecule has 3 N–H and O–H groups in total. The molecule has 1 aliphatic heterocycles. The highest BCUT2D eigenvalue weighted by Gasteiger charge is 2.28. The number of morpholine rings is 1. The summed E-state index contributed by atoms with van der Waals surface area (Å²) in [6.45, 7) is 9.71. The van der Waals surface area contributed by atoms with Crippen molar-refractivity contribution in [2.45, 2.75) is 19.4 Å². The van der Waals surface area contributed by atoms with Gasteiger partial charge < -0.3 is 25.4 Å². The number of ether oxygens (including phenoxy) is 2. The Balaban J connectivity index is 0.00000420. The van der Waals surface area contributed by atoms with Crippen LogP contribution in [0.4, 0.5) is 0 Å². The summed E-state index contributed by atoms with van der Waals surface area (Å²) in [6.07, 6.45) is 0. The smallest absolute Gasteiger partial charge is 0.251 e. The van der Waals surface area contributed by atoms with E-state index in [1.807, 2.05) is 6.07 Å². The zero-order chi connectivity index (χ0) is 20.4. The molecule has 0 atom stereocenters. The Bertz CT molecular complexity index is 663. The molecule has 0 aliphatic carbocycles. The monoisotopic (exact) mass is 519 g/mol. The van der Waals surface area contributed by atoms with Crippen molar-refractivity contribution in [2.24, 2.45) is 4.99 Å². The molecule has 1 aromatic rings. The van der Waals surface area contributed by atoms with Crippen LogP contribution in [0.15, 0.2) is 29.3 Å². The number of carbonyl (C=O) groups is 1. The SMILES string of the molecule is CN=C(NCCNC(=O)c1cccc(OC)c1)NCC(C)(C)N1CCOCC1.I. The lowest BCUT2D eigenvalue weighted by molar-refractivity contribution is -0.00833. The van der Waals surface area contributed by atoms with Gasteiger partial charge in [0.1, 0.15) is 5.75 Å². The number of guanidine groups is 1. The number of carbonyl (C=O) groups excluding carboxylic acids is 1. The minimum absolute atomic E-state index is 0. The summed E-state index contributed by atoms with van der Waals surface area (Å²) in [4.78, 5) is 18.9. The number of rotatable bonds is 8. The van der Waals surface area contributed by atoms with Gasteiger partial charge in [-0.2, -0.15) is 0 Å². The fraction of sp³-hybridized carbons (Fsp3) is 0.600. The van der Waals surface area contributed by atoms with Gasteiger partial charge in [-0.05, 0) is 32.0 Å². The van der Waals surface area contributed by atoms with Gasteiger partial charge >= 0.3 is 0 Å². The minimum Gasteiger partial charge on any atom is -0.497 e. The normalized spacial score (nSPS) is 15.2. The molecule has 0 saturated carbocycles. The van der Waals surface area contributed by atoms with E-state index in [0.29, 0.717) is 24.4 Å². The first-order valence-corrected chi connectivity index (χ1v) is 9.66. The number of benzene rings is 1. The first-order valence-electron chi connectivity index (χ1n) is 9.66. The van der Waals surface area contributed by atoms with Crippen molar-refractivity contribution in [3.05, 3.63) is 29.8 Å². The van der Waals surface area contributed by atoms with Crippen molar-refractivity contribution in [3.8, 4) is 5.75 Å². The molecular weight excluding hydrogens is 485 g/mol. The Morgan fingerprint density at radius 3 is 2.55 bits per heavy atom. The van der Waals surface area contributed by atoms with E-state index < -0.39 is 0 Å². The Morgan fingerprint density at radius 1 is 1.21 bits per heavy atom. The number of aliphatic imine (C=N–C) groups is 1. The zero-order valence-corrected chi connectivity index (χ0v) is 20.1. The molecule has 1 fully saturated rings. The molecule has 0 radical (unpaired) electrons. The lowest BCUT2D eigenvalue weighted by atomic mass is 10.0. The van der Waals surface area contributed by atoms with Crippen LogP contribution in [-0.2, 0) is 4.74 Å². The third-order valence-electron chi connectivity index (χ3n) is 4.81. The third kappa shape index (κ3) is 8.35. The maximum Gasteiger partial charge on any atom is 0.251 e. The molecule has 1 aliphatic rings. The van der Waals surface area contributed by atoms with Gasteiger partial charge in [-0.25, -0.2) is 0 Å². The Morgan fingerprint density at radius 2 is 1.90 bits per heavy atom. The third-order valence-corrected chi connectivity index (χ3v) is 4.81. The van der Waals surface area contributed by atoms with Gasteiger partial charge in [0.25, 0.3) is 5.91 Å². The van der Waals surface area contributed by atoms with E-state index in [4.69, 9.17) is 9.47 Å². The molecule has 164 valence electrons. The predicted molar refractivity (Wildman–Crippen MR) is 127 cm³/mol. The average Bonchev–Trinajstić information content (AvgIpc) is 2.73. The summed E-state index contributed by atoms with van der Waals surface area (Å²) in [5.74, 6) is 1.26. The van der Waals surface area contributed by atoms with Gasteiger partial charge in [-0.3, -0.25) is 14.7 Å². The molecule has 8 nitrogen and oxygen atoms in total. The van der Waals surface area contributed by atoms with Crippen LogP contribution >= 0.6 is 24.0 Å². The molecule has 1 amide bonds. The first kappa shape index (κ1) is 25.4. The van der Waals surface area contributed by atoms with E-state index in [2.05, 4.69) is 39.7 Å². The van der Waals surface area contributed by atoms with Gasteiger partial charge in [0.05, 0.1) is 20.3 Å². The number of nitrogens with zero attached hydrogens (tertiary/aromatic N) is 2. The van der Waals surface area contributed by atoms with Crippen LogP contribution in [0.25, 0.3) is 0 Å². The second kappa shape index (κ2) is 12.9. The molecule has 1 aromatic carbocycles. The number of hydrogen-bond acceptors (Lipinski definition) is 5. The molecule has 2 rings (SSSR count). The number of halogens is 1. The fourth-order valence-electron chi connectivity index (χ4n) is 3.02. The van der Waals surface area contributed by atoms with Gasteiger partial charge in [0, 0.05) is 50.9 Å². The number of amides is 1.